The lowest BCUT2D eigenvalue weighted by molar-refractivity contribution is -0.385. The molecule has 0 bridgehead atoms. The summed E-state index contributed by atoms with van der Waals surface area (Å²) in [5, 5.41) is 17.9. The first-order valence-electron chi connectivity index (χ1n) is 6.65. The van der Waals surface area contributed by atoms with Crippen LogP contribution in [0.5, 0.6) is 5.75 Å². The van der Waals surface area contributed by atoms with Gasteiger partial charge < -0.3 is 10.5 Å². The Hall–Kier alpha value is -2.18. The number of ether oxygens (including phenoxy) is 1. The van der Waals surface area contributed by atoms with E-state index in [4.69, 9.17) is 15.9 Å². The van der Waals surface area contributed by atoms with Crippen molar-refractivity contribution in [3.8, 4) is 5.75 Å². The first kappa shape index (κ1) is 16.9. The van der Waals surface area contributed by atoms with Crippen molar-refractivity contribution in [2.24, 2.45) is 11.1 Å². The van der Waals surface area contributed by atoms with Crippen LogP contribution in [-0.2, 0) is 0 Å². The molecule has 0 fully saturated rings. The molecule has 3 N–H and O–H groups in total. The quantitative estimate of drug-likeness (QED) is 0.253. The van der Waals surface area contributed by atoms with Crippen LogP contribution < -0.4 is 10.5 Å². The van der Waals surface area contributed by atoms with Gasteiger partial charge in [-0.25, -0.2) is 4.39 Å². The molecule has 0 radical (unpaired) electrons. The molecule has 0 aromatic heterocycles. The summed E-state index contributed by atoms with van der Waals surface area (Å²) in [6, 6.07) is 3.30. The molecule has 0 atom stereocenters. The highest BCUT2D eigenvalue weighted by Crippen LogP contribution is 2.24. The molecule has 116 valence electrons. The van der Waals surface area contributed by atoms with Gasteiger partial charge in [0.25, 0.3) is 5.69 Å². The van der Waals surface area contributed by atoms with E-state index in [0.717, 1.165) is 18.9 Å². The summed E-state index contributed by atoms with van der Waals surface area (Å²) in [5.74, 6) is -0.593. The second-order valence-corrected chi connectivity index (χ2v) is 5.47. The molecule has 21 heavy (non-hydrogen) atoms. The van der Waals surface area contributed by atoms with Gasteiger partial charge in [0.05, 0.1) is 23.4 Å². The number of nitro benzene ring substituents is 1. The van der Waals surface area contributed by atoms with E-state index in [2.05, 4.69) is 0 Å². The van der Waals surface area contributed by atoms with Gasteiger partial charge in [-0.2, -0.15) is 0 Å². The van der Waals surface area contributed by atoms with Crippen LogP contribution in [-0.4, -0.2) is 17.4 Å². The summed E-state index contributed by atoms with van der Waals surface area (Å²) in [5.41, 5.74) is 4.83. The first-order valence-corrected chi connectivity index (χ1v) is 6.65. The SMILES string of the molecule is CC(C)(CCCCOc1ccc([N+](=O)[O-])cc1F)C(=N)N. The minimum absolute atomic E-state index is 0.00595. The lowest BCUT2D eigenvalue weighted by Gasteiger charge is -2.22. The molecule has 6 nitrogen and oxygen atoms in total. The minimum Gasteiger partial charge on any atom is -0.491 e. The fourth-order valence-corrected chi connectivity index (χ4v) is 1.71. The van der Waals surface area contributed by atoms with Crippen LogP contribution in [0.2, 0.25) is 0 Å². The molecule has 0 heterocycles. The zero-order valence-corrected chi connectivity index (χ0v) is 12.2. The molecule has 0 unspecified atom stereocenters. The molecule has 7 heteroatoms. The maximum Gasteiger partial charge on any atom is 0.272 e. The van der Waals surface area contributed by atoms with E-state index in [1.807, 2.05) is 13.8 Å². The summed E-state index contributed by atoms with van der Waals surface area (Å²) in [7, 11) is 0. The molecule has 1 aromatic carbocycles. The molecular weight excluding hydrogens is 277 g/mol. The Labute approximate surface area is 122 Å². The number of unbranched alkanes of at least 4 members (excludes halogenated alkanes) is 1. The second kappa shape index (κ2) is 7.01. The Morgan fingerprint density at radius 2 is 2.14 bits per heavy atom. The highest BCUT2D eigenvalue weighted by atomic mass is 19.1. The fraction of sp³-hybridized carbons (Fsp3) is 0.500. The van der Waals surface area contributed by atoms with Crippen LogP contribution in [0, 0.1) is 26.8 Å². The van der Waals surface area contributed by atoms with E-state index in [1.54, 1.807) is 0 Å². The topological polar surface area (TPSA) is 102 Å². The van der Waals surface area contributed by atoms with Crippen LogP contribution in [0.15, 0.2) is 18.2 Å². The van der Waals surface area contributed by atoms with Crippen molar-refractivity contribution in [2.45, 2.75) is 33.1 Å². The van der Waals surface area contributed by atoms with E-state index in [1.165, 1.54) is 12.1 Å². The predicted octanol–water partition coefficient (Wildman–Crippen LogP) is 3.25. The molecule has 0 saturated heterocycles. The Bertz CT molecular complexity index is 532. The van der Waals surface area contributed by atoms with E-state index < -0.39 is 10.7 Å². The van der Waals surface area contributed by atoms with Crippen molar-refractivity contribution in [3.05, 3.63) is 34.1 Å². The Morgan fingerprint density at radius 3 is 2.67 bits per heavy atom. The standard InChI is InChI=1S/C14H20FN3O3/c1-14(2,13(16)17)7-3-4-8-21-12-6-5-10(18(19)20)9-11(12)15/h5-6,9H,3-4,7-8H2,1-2H3,(H3,16,17). The van der Waals surface area contributed by atoms with Crippen molar-refractivity contribution in [1.29, 1.82) is 5.41 Å². The normalized spacial score (nSPS) is 11.2. The lowest BCUT2D eigenvalue weighted by Crippen LogP contribution is -2.30. The molecule has 0 aliphatic heterocycles. The van der Waals surface area contributed by atoms with Gasteiger partial charge in [-0.3, -0.25) is 15.5 Å². The number of rotatable bonds is 8. The summed E-state index contributed by atoms with van der Waals surface area (Å²) in [6.07, 6.45) is 2.22. The van der Waals surface area contributed by atoms with E-state index >= 15 is 0 Å². The van der Waals surface area contributed by atoms with Gasteiger partial charge in [0.1, 0.15) is 0 Å². The summed E-state index contributed by atoms with van der Waals surface area (Å²) < 4.78 is 18.8. The molecule has 0 spiro atoms. The predicted molar refractivity (Wildman–Crippen MR) is 78.1 cm³/mol. The van der Waals surface area contributed by atoms with Crippen LogP contribution >= 0.6 is 0 Å². The van der Waals surface area contributed by atoms with E-state index in [9.17, 15) is 14.5 Å². The van der Waals surface area contributed by atoms with Crippen molar-refractivity contribution >= 4 is 11.5 Å². The van der Waals surface area contributed by atoms with Gasteiger partial charge in [0.2, 0.25) is 0 Å². The maximum atomic E-state index is 13.5. The molecule has 0 aliphatic carbocycles. The number of hydrogen-bond acceptors (Lipinski definition) is 4. The number of nitro groups is 1. The van der Waals surface area contributed by atoms with Crippen LogP contribution in [0.3, 0.4) is 0 Å². The molecule has 1 rings (SSSR count). The number of benzene rings is 1. The zero-order chi connectivity index (χ0) is 16.0. The number of nitrogens with two attached hydrogens (primary N) is 1. The average molecular weight is 297 g/mol. The summed E-state index contributed by atoms with van der Waals surface area (Å²) in [6.45, 7) is 4.10. The second-order valence-electron chi connectivity index (χ2n) is 5.47. The van der Waals surface area contributed by atoms with Crippen LogP contribution in [0.25, 0.3) is 0 Å². The smallest absolute Gasteiger partial charge is 0.272 e. The third kappa shape index (κ3) is 5.02. The number of nitrogens with one attached hydrogen (secondary N) is 1. The van der Waals surface area contributed by atoms with Crippen LogP contribution in [0.4, 0.5) is 10.1 Å². The van der Waals surface area contributed by atoms with E-state index in [0.29, 0.717) is 13.0 Å². The number of hydrogen-bond donors (Lipinski definition) is 2. The van der Waals surface area contributed by atoms with Gasteiger partial charge in [-0.05, 0) is 25.3 Å². The maximum absolute atomic E-state index is 13.5. The number of nitrogens with zero attached hydrogens (tertiary/aromatic N) is 1. The largest absolute Gasteiger partial charge is 0.491 e. The lowest BCUT2D eigenvalue weighted by atomic mass is 9.86. The number of non-ortho nitro benzene ring substituents is 1. The molecule has 0 saturated carbocycles. The first-order chi connectivity index (χ1) is 9.74. The van der Waals surface area contributed by atoms with Gasteiger partial charge in [0.15, 0.2) is 11.6 Å². The Balaban J connectivity index is 2.40. The zero-order valence-electron chi connectivity index (χ0n) is 12.2. The highest BCUT2D eigenvalue weighted by molar-refractivity contribution is 5.82. The fourth-order valence-electron chi connectivity index (χ4n) is 1.71. The third-order valence-corrected chi connectivity index (χ3v) is 3.31. The average Bonchev–Trinajstić information content (AvgIpc) is 2.39. The summed E-state index contributed by atoms with van der Waals surface area (Å²) >= 11 is 0. The van der Waals surface area contributed by atoms with Crippen molar-refractivity contribution in [3.63, 3.8) is 0 Å². The number of halogens is 1. The Kier molecular flexibility index (Phi) is 5.63. The van der Waals surface area contributed by atoms with E-state index in [-0.39, 0.29) is 22.7 Å². The minimum atomic E-state index is -0.742. The van der Waals surface area contributed by atoms with Gasteiger partial charge in [0, 0.05) is 11.5 Å². The Morgan fingerprint density at radius 1 is 1.48 bits per heavy atom. The molecule has 0 amide bonds. The van der Waals surface area contributed by atoms with Crippen molar-refractivity contribution in [2.75, 3.05) is 6.61 Å². The van der Waals surface area contributed by atoms with Crippen LogP contribution in [0.1, 0.15) is 33.1 Å². The van der Waals surface area contributed by atoms with Gasteiger partial charge in [-0.1, -0.05) is 13.8 Å². The van der Waals surface area contributed by atoms with Gasteiger partial charge in [-0.15, -0.1) is 0 Å². The monoisotopic (exact) mass is 297 g/mol. The number of amidine groups is 1. The summed E-state index contributed by atoms with van der Waals surface area (Å²) in [4.78, 5) is 9.83. The van der Waals surface area contributed by atoms with Crippen molar-refractivity contribution < 1.29 is 14.1 Å². The van der Waals surface area contributed by atoms with Crippen molar-refractivity contribution in [1.82, 2.24) is 0 Å². The molecular formula is C14H20FN3O3. The van der Waals surface area contributed by atoms with Gasteiger partial charge >= 0.3 is 0 Å². The molecule has 0 aliphatic rings. The molecule has 1 aromatic rings. The third-order valence-electron chi connectivity index (χ3n) is 3.31. The highest BCUT2D eigenvalue weighted by Gasteiger charge is 2.20.